The number of nitrogens with one attached hydrogen (secondary N) is 1. The molecule has 0 spiro atoms. The Morgan fingerprint density at radius 2 is 2.05 bits per heavy atom. The van der Waals surface area contributed by atoms with Crippen molar-refractivity contribution in [3.8, 4) is 6.07 Å². The van der Waals surface area contributed by atoms with E-state index in [1.54, 1.807) is 6.92 Å². The lowest BCUT2D eigenvalue weighted by molar-refractivity contribution is 0.400. The molecule has 0 heterocycles. The minimum absolute atomic E-state index is 0.203. The Hall–Kier alpha value is -1.42. The van der Waals surface area contributed by atoms with Gasteiger partial charge in [0.15, 0.2) is 0 Å². The summed E-state index contributed by atoms with van der Waals surface area (Å²) in [6.45, 7) is 2.96. The third-order valence-electron chi connectivity index (χ3n) is 2.70. The quantitative estimate of drug-likeness (QED) is 0.792. The average Bonchev–Trinajstić information content (AvgIpc) is 2.34. The van der Waals surface area contributed by atoms with Crippen LogP contribution in [0.3, 0.4) is 0 Å². The number of hydrogen-bond acceptors (Lipinski definition) is 4. The predicted molar refractivity (Wildman–Crippen MR) is 74.3 cm³/mol. The van der Waals surface area contributed by atoms with Crippen LogP contribution in [0.5, 0.6) is 0 Å². The smallest absolute Gasteiger partial charge is 0.240 e. The summed E-state index contributed by atoms with van der Waals surface area (Å²) < 4.78 is 26.6. The van der Waals surface area contributed by atoms with Gasteiger partial charge in [-0.1, -0.05) is 0 Å². The van der Waals surface area contributed by atoms with Gasteiger partial charge in [0.1, 0.15) is 0 Å². The molecule has 0 saturated heterocycles. The fourth-order valence-electron chi connectivity index (χ4n) is 1.61. The zero-order chi connectivity index (χ0) is 14.5. The van der Waals surface area contributed by atoms with E-state index >= 15 is 0 Å². The fraction of sp³-hybridized carbons (Fsp3) is 0.462. The largest absolute Gasteiger partial charge is 0.309 e. The maximum atomic E-state index is 12.0. The van der Waals surface area contributed by atoms with Gasteiger partial charge in [0.05, 0.1) is 16.5 Å². The number of nitrogens with zero attached hydrogens (tertiary/aromatic N) is 2. The Bertz CT molecular complexity index is 574. The molecule has 0 aliphatic rings. The highest BCUT2D eigenvalue weighted by Gasteiger charge is 2.14. The molecule has 0 aromatic heterocycles. The van der Waals surface area contributed by atoms with Crippen LogP contribution in [0.2, 0.25) is 0 Å². The maximum Gasteiger partial charge on any atom is 0.240 e. The number of hydrogen-bond donors (Lipinski definition) is 1. The zero-order valence-electron chi connectivity index (χ0n) is 11.5. The van der Waals surface area contributed by atoms with E-state index in [9.17, 15) is 8.42 Å². The van der Waals surface area contributed by atoms with Crippen LogP contribution >= 0.6 is 0 Å². The van der Waals surface area contributed by atoms with E-state index in [2.05, 4.69) is 4.72 Å². The van der Waals surface area contributed by atoms with Crippen molar-refractivity contribution in [2.45, 2.75) is 18.2 Å². The van der Waals surface area contributed by atoms with Gasteiger partial charge in [-0.3, -0.25) is 0 Å². The normalized spacial score (nSPS) is 11.5. The standard InChI is InChI=1S/C13H19N3O2S/c1-11-9-13(6-5-12(11)10-14)19(17,18)15-7-4-8-16(2)3/h5-6,9,15H,4,7-8H2,1-3H3. The van der Waals surface area contributed by atoms with Crippen molar-refractivity contribution in [3.63, 3.8) is 0 Å². The summed E-state index contributed by atoms with van der Waals surface area (Å²) in [4.78, 5) is 2.20. The van der Waals surface area contributed by atoms with Crippen molar-refractivity contribution in [1.29, 1.82) is 5.26 Å². The van der Waals surface area contributed by atoms with E-state index in [1.165, 1.54) is 18.2 Å². The molecule has 5 nitrogen and oxygen atoms in total. The molecule has 0 saturated carbocycles. The molecule has 0 amide bonds. The zero-order valence-corrected chi connectivity index (χ0v) is 12.3. The summed E-state index contributed by atoms with van der Waals surface area (Å²) in [6, 6.07) is 6.53. The first-order valence-electron chi connectivity index (χ1n) is 6.02. The summed E-state index contributed by atoms with van der Waals surface area (Å²) in [5.74, 6) is 0. The van der Waals surface area contributed by atoms with Gasteiger partial charge in [-0.15, -0.1) is 0 Å². The number of benzene rings is 1. The summed E-state index contributed by atoms with van der Waals surface area (Å²) in [7, 11) is 0.402. The van der Waals surface area contributed by atoms with Gasteiger partial charge in [0.25, 0.3) is 0 Å². The van der Waals surface area contributed by atoms with Crippen LogP contribution in [0.1, 0.15) is 17.5 Å². The minimum atomic E-state index is -3.48. The molecular formula is C13H19N3O2S. The number of rotatable bonds is 6. The summed E-state index contributed by atoms with van der Waals surface area (Å²) in [5.41, 5.74) is 1.16. The summed E-state index contributed by atoms with van der Waals surface area (Å²) >= 11 is 0. The van der Waals surface area contributed by atoms with Crippen molar-refractivity contribution in [2.24, 2.45) is 0 Å². The van der Waals surface area contributed by atoms with E-state index in [1.807, 2.05) is 25.1 Å². The lowest BCUT2D eigenvalue weighted by atomic mass is 10.1. The second kappa shape index (κ2) is 6.66. The number of sulfonamides is 1. The molecule has 19 heavy (non-hydrogen) atoms. The first-order valence-corrected chi connectivity index (χ1v) is 7.50. The first kappa shape index (κ1) is 15.6. The highest BCUT2D eigenvalue weighted by molar-refractivity contribution is 7.89. The molecule has 1 rings (SSSR count). The van der Waals surface area contributed by atoms with Crippen LogP contribution < -0.4 is 4.72 Å². The second-order valence-electron chi connectivity index (χ2n) is 4.64. The molecule has 1 N–H and O–H groups in total. The molecule has 1 aromatic carbocycles. The Kier molecular flexibility index (Phi) is 5.48. The van der Waals surface area contributed by atoms with Crippen molar-refractivity contribution < 1.29 is 8.42 Å². The lowest BCUT2D eigenvalue weighted by Crippen LogP contribution is -2.27. The van der Waals surface area contributed by atoms with Crippen molar-refractivity contribution in [3.05, 3.63) is 29.3 Å². The molecule has 0 bridgehead atoms. The highest BCUT2D eigenvalue weighted by atomic mass is 32.2. The van der Waals surface area contributed by atoms with E-state index in [-0.39, 0.29) is 4.90 Å². The van der Waals surface area contributed by atoms with E-state index in [4.69, 9.17) is 5.26 Å². The first-order chi connectivity index (χ1) is 8.86. The van der Waals surface area contributed by atoms with Crippen LogP contribution in [-0.2, 0) is 10.0 Å². The minimum Gasteiger partial charge on any atom is -0.309 e. The van der Waals surface area contributed by atoms with E-state index < -0.39 is 10.0 Å². The monoisotopic (exact) mass is 281 g/mol. The van der Waals surface area contributed by atoms with Crippen molar-refractivity contribution >= 4 is 10.0 Å². The van der Waals surface area contributed by atoms with Crippen LogP contribution in [-0.4, -0.2) is 40.5 Å². The molecule has 0 unspecified atom stereocenters. The second-order valence-corrected chi connectivity index (χ2v) is 6.41. The molecule has 104 valence electrons. The van der Waals surface area contributed by atoms with Gasteiger partial charge in [-0.25, -0.2) is 13.1 Å². The Morgan fingerprint density at radius 3 is 2.58 bits per heavy atom. The Balaban J connectivity index is 2.73. The Labute approximate surface area is 114 Å². The molecule has 0 atom stereocenters. The third-order valence-corrected chi connectivity index (χ3v) is 4.16. The van der Waals surface area contributed by atoms with Gasteiger partial charge in [0.2, 0.25) is 10.0 Å². The Morgan fingerprint density at radius 1 is 1.37 bits per heavy atom. The molecular weight excluding hydrogens is 262 g/mol. The molecule has 6 heteroatoms. The molecule has 0 aliphatic carbocycles. The van der Waals surface area contributed by atoms with Crippen molar-refractivity contribution in [2.75, 3.05) is 27.2 Å². The lowest BCUT2D eigenvalue weighted by Gasteiger charge is -2.11. The molecule has 0 radical (unpaired) electrons. The van der Waals surface area contributed by atoms with Crippen LogP contribution in [0.25, 0.3) is 0 Å². The van der Waals surface area contributed by atoms with Crippen molar-refractivity contribution in [1.82, 2.24) is 9.62 Å². The third kappa shape index (κ3) is 4.63. The summed E-state index contributed by atoms with van der Waals surface area (Å²) in [5, 5.41) is 8.82. The fourth-order valence-corrected chi connectivity index (χ4v) is 2.77. The maximum absolute atomic E-state index is 12.0. The van der Waals surface area contributed by atoms with Gasteiger partial charge < -0.3 is 4.90 Å². The van der Waals surface area contributed by atoms with E-state index in [0.717, 1.165) is 13.0 Å². The van der Waals surface area contributed by atoms with Gasteiger partial charge in [0, 0.05) is 6.54 Å². The topological polar surface area (TPSA) is 73.2 Å². The van der Waals surface area contributed by atoms with Gasteiger partial charge in [-0.2, -0.15) is 5.26 Å². The molecule has 0 aliphatic heterocycles. The van der Waals surface area contributed by atoms with Crippen LogP contribution in [0, 0.1) is 18.3 Å². The van der Waals surface area contributed by atoms with Crippen LogP contribution in [0.4, 0.5) is 0 Å². The summed E-state index contributed by atoms with van der Waals surface area (Å²) in [6.07, 6.45) is 0.751. The van der Waals surface area contributed by atoms with Crippen LogP contribution in [0.15, 0.2) is 23.1 Å². The predicted octanol–water partition coefficient (Wildman–Crippen LogP) is 1.10. The number of nitriles is 1. The highest BCUT2D eigenvalue weighted by Crippen LogP contribution is 2.14. The SMILES string of the molecule is Cc1cc(S(=O)(=O)NCCCN(C)C)ccc1C#N. The average molecular weight is 281 g/mol. The van der Waals surface area contributed by atoms with Gasteiger partial charge in [-0.05, 0) is 57.7 Å². The van der Waals surface area contributed by atoms with E-state index in [0.29, 0.717) is 17.7 Å². The number of aryl methyl sites for hydroxylation is 1. The molecule has 1 aromatic rings. The molecule has 0 fully saturated rings. The van der Waals surface area contributed by atoms with Gasteiger partial charge >= 0.3 is 0 Å².